The van der Waals surface area contributed by atoms with Gasteiger partial charge in [-0.2, -0.15) is 4.99 Å². The number of carbonyl (C=O) groups is 1. The number of fused-ring (bicyclic) bond motifs is 1. The van der Waals surface area contributed by atoms with Gasteiger partial charge in [0.1, 0.15) is 5.82 Å². The van der Waals surface area contributed by atoms with Crippen molar-refractivity contribution in [1.82, 2.24) is 4.57 Å². The number of sulfonamides is 1. The van der Waals surface area contributed by atoms with Crippen LogP contribution in [0.3, 0.4) is 0 Å². The van der Waals surface area contributed by atoms with Crippen LogP contribution in [-0.2, 0) is 21.3 Å². The van der Waals surface area contributed by atoms with E-state index in [9.17, 15) is 17.6 Å². The number of hydrogen-bond acceptors (Lipinski definition) is 5. The Kier molecular flexibility index (Phi) is 7.15. The van der Waals surface area contributed by atoms with E-state index in [2.05, 4.69) is 21.8 Å². The van der Waals surface area contributed by atoms with Gasteiger partial charge in [0.15, 0.2) is 4.80 Å². The van der Waals surface area contributed by atoms with Gasteiger partial charge in [-0.05, 0) is 85.6 Å². The number of amides is 1. The number of nitrogens with zero attached hydrogens (tertiary/aromatic N) is 2. The number of nitrogens with one attached hydrogen (secondary N) is 1. The van der Waals surface area contributed by atoms with Crippen LogP contribution in [0.4, 0.5) is 10.1 Å². The summed E-state index contributed by atoms with van der Waals surface area (Å²) in [4.78, 5) is 17.8. The highest BCUT2D eigenvalue weighted by molar-refractivity contribution is 7.92. The third kappa shape index (κ3) is 5.50. The van der Waals surface area contributed by atoms with Crippen LogP contribution in [0.2, 0.25) is 0 Å². The Hall–Kier alpha value is -3.34. The average Bonchev–Trinajstić information content (AvgIpc) is 3.13. The number of halogens is 1. The molecule has 4 aromatic rings. The van der Waals surface area contributed by atoms with Gasteiger partial charge in [-0.3, -0.25) is 9.52 Å². The zero-order valence-electron chi connectivity index (χ0n) is 19.4. The minimum atomic E-state index is -3.89. The molecule has 7 nitrogen and oxygen atoms in total. The third-order valence-corrected chi connectivity index (χ3v) is 7.96. The van der Waals surface area contributed by atoms with Crippen molar-refractivity contribution in [1.29, 1.82) is 0 Å². The van der Waals surface area contributed by atoms with Gasteiger partial charge in [0.25, 0.3) is 15.9 Å². The van der Waals surface area contributed by atoms with Crippen LogP contribution in [-0.4, -0.2) is 32.6 Å². The lowest BCUT2D eigenvalue weighted by molar-refractivity contribution is 0.0997. The van der Waals surface area contributed by atoms with Crippen molar-refractivity contribution >= 4 is 43.2 Å². The van der Waals surface area contributed by atoms with Crippen molar-refractivity contribution in [2.24, 2.45) is 4.99 Å². The van der Waals surface area contributed by atoms with E-state index in [0.717, 1.165) is 33.5 Å². The summed E-state index contributed by atoms with van der Waals surface area (Å²) < 4.78 is 48.8. The molecule has 35 heavy (non-hydrogen) atoms. The summed E-state index contributed by atoms with van der Waals surface area (Å²) in [6.07, 6.45) is 0. The molecule has 4 rings (SSSR count). The molecule has 0 aliphatic heterocycles. The second-order valence-electron chi connectivity index (χ2n) is 7.99. The van der Waals surface area contributed by atoms with Crippen LogP contribution in [0.15, 0.2) is 70.6 Å². The number of hydrogen-bond donors (Lipinski definition) is 1. The van der Waals surface area contributed by atoms with Crippen molar-refractivity contribution in [3.8, 4) is 0 Å². The Balaban J connectivity index is 1.61. The van der Waals surface area contributed by atoms with Crippen LogP contribution < -0.4 is 9.52 Å². The quantitative estimate of drug-likeness (QED) is 0.390. The van der Waals surface area contributed by atoms with Crippen LogP contribution in [0, 0.1) is 19.7 Å². The highest BCUT2D eigenvalue weighted by atomic mass is 32.2. The normalized spacial score (nSPS) is 12.3. The maximum atomic E-state index is 13.1. The minimum absolute atomic E-state index is 0.0649. The van der Waals surface area contributed by atoms with Crippen LogP contribution in [0.1, 0.15) is 21.5 Å². The first-order valence-corrected chi connectivity index (χ1v) is 13.0. The molecule has 0 unspecified atom stereocenters. The number of thiazole rings is 1. The van der Waals surface area contributed by atoms with Gasteiger partial charge in [-0.25, -0.2) is 12.8 Å². The molecule has 3 aromatic carbocycles. The van der Waals surface area contributed by atoms with E-state index in [4.69, 9.17) is 4.74 Å². The molecule has 0 bridgehead atoms. The third-order valence-electron chi connectivity index (χ3n) is 5.52. The SMILES string of the molecule is COCCn1c(=NC(=O)c2ccc(NS(=O)(=O)c3ccc(F)cc3)cc2)sc2cc(C)c(C)cc21. The molecule has 1 amide bonds. The monoisotopic (exact) mass is 513 g/mol. The van der Waals surface area contributed by atoms with Crippen molar-refractivity contribution in [2.75, 3.05) is 18.4 Å². The van der Waals surface area contributed by atoms with E-state index in [0.29, 0.717) is 23.5 Å². The predicted molar refractivity (Wildman–Crippen MR) is 135 cm³/mol. The lowest BCUT2D eigenvalue weighted by atomic mass is 10.1. The van der Waals surface area contributed by atoms with Gasteiger partial charge in [-0.1, -0.05) is 11.3 Å². The lowest BCUT2D eigenvalue weighted by Gasteiger charge is -2.08. The fraction of sp³-hybridized carbons (Fsp3) is 0.200. The first kappa shape index (κ1) is 24.8. The van der Waals surface area contributed by atoms with Gasteiger partial charge in [-0.15, -0.1) is 0 Å². The molecule has 0 saturated carbocycles. The summed E-state index contributed by atoms with van der Waals surface area (Å²) in [6.45, 7) is 5.11. The second kappa shape index (κ2) is 10.1. The summed E-state index contributed by atoms with van der Waals surface area (Å²) >= 11 is 1.43. The van der Waals surface area contributed by atoms with E-state index >= 15 is 0 Å². The van der Waals surface area contributed by atoms with Crippen molar-refractivity contribution in [3.05, 3.63) is 88.0 Å². The molecule has 0 aliphatic rings. The maximum Gasteiger partial charge on any atom is 0.279 e. The second-order valence-corrected chi connectivity index (χ2v) is 10.7. The Morgan fingerprint density at radius 2 is 1.71 bits per heavy atom. The maximum absolute atomic E-state index is 13.1. The molecule has 182 valence electrons. The molecule has 1 aromatic heterocycles. The van der Waals surface area contributed by atoms with E-state index < -0.39 is 21.7 Å². The summed E-state index contributed by atoms with van der Waals surface area (Å²) in [6, 6.07) is 14.7. The number of rotatable bonds is 7. The number of aromatic nitrogens is 1. The molecule has 0 spiro atoms. The van der Waals surface area contributed by atoms with Crippen LogP contribution in [0.25, 0.3) is 10.2 Å². The summed E-state index contributed by atoms with van der Waals surface area (Å²) in [5.41, 5.74) is 3.89. The zero-order valence-corrected chi connectivity index (χ0v) is 21.0. The standard InChI is InChI=1S/C25H24FN3O4S2/c1-16-14-22-23(15-17(16)2)34-25(29(22)12-13-33-3)27-24(30)18-4-8-20(9-5-18)28-35(31,32)21-10-6-19(26)7-11-21/h4-11,14-15,28H,12-13H2,1-3H3. The van der Waals surface area contributed by atoms with Crippen molar-refractivity contribution < 1.29 is 22.3 Å². The van der Waals surface area contributed by atoms with Crippen LogP contribution in [0.5, 0.6) is 0 Å². The molecule has 0 fully saturated rings. The largest absolute Gasteiger partial charge is 0.383 e. The van der Waals surface area contributed by atoms with Gasteiger partial charge < -0.3 is 9.30 Å². The number of benzene rings is 3. The zero-order chi connectivity index (χ0) is 25.2. The van der Waals surface area contributed by atoms with E-state index in [1.54, 1.807) is 7.11 Å². The molecule has 1 N–H and O–H groups in total. The van der Waals surface area contributed by atoms with Gasteiger partial charge in [0.2, 0.25) is 0 Å². The lowest BCUT2D eigenvalue weighted by Crippen LogP contribution is -2.19. The molecule has 0 atom stereocenters. The summed E-state index contributed by atoms with van der Waals surface area (Å²) in [7, 11) is -2.26. The molecule has 1 heterocycles. The van der Waals surface area contributed by atoms with Gasteiger partial charge in [0.05, 0.1) is 21.7 Å². The number of aryl methyl sites for hydroxylation is 2. The van der Waals surface area contributed by atoms with E-state index in [-0.39, 0.29) is 10.6 Å². The molecule has 0 aliphatic carbocycles. The topological polar surface area (TPSA) is 89.8 Å². The fourth-order valence-corrected chi connectivity index (χ4v) is 5.66. The molecule has 0 radical (unpaired) electrons. The molecule has 10 heteroatoms. The van der Waals surface area contributed by atoms with Gasteiger partial charge in [0, 0.05) is 24.9 Å². The number of methoxy groups -OCH3 is 1. The van der Waals surface area contributed by atoms with Crippen LogP contribution >= 0.6 is 11.3 Å². The Morgan fingerprint density at radius 1 is 1.06 bits per heavy atom. The van der Waals surface area contributed by atoms with Gasteiger partial charge >= 0.3 is 0 Å². The Morgan fingerprint density at radius 3 is 2.37 bits per heavy atom. The number of anilines is 1. The van der Waals surface area contributed by atoms with Crippen molar-refractivity contribution in [3.63, 3.8) is 0 Å². The minimum Gasteiger partial charge on any atom is -0.383 e. The summed E-state index contributed by atoms with van der Waals surface area (Å²) in [5.74, 6) is -0.966. The Bertz CT molecular complexity index is 1560. The average molecular weight is 514 g/mol. The number of ether oxygens (including phenoxy) is 1. The highest BCUT2D eigenvalue weighted by Gasteiger charge is 2.15. The van der Waals surface area contributed by atoms with Crippen molar-refractivity contribution in [2.45, 2.75) is 25.3 Å². The highest BCUT2D eigenvalue weighted by Crippen LogP contribution is 2.22. The van der Waals surface area contributed by atoms with E-state index in [1.807, 2.05) is 18.4 Å². The predicted octanol–water partition coefficient (Wildman–Crippen LogP) is 4.65. The Labute approximate surface area is 206 Å². The summed E-state index contributed by atoms with van der Waals surface area (Å²) in [5, 5.41) is 0. The molecular formula is C25H24FN3O4S2. The van der Waals surface area contributed by atoms with E-state index in [1.165, 1.54) is 47.7 Å². The first-order valence-electron chi connectivity index (χ1n) is 10.7. The molecule has 0 saturated heterocycles. The smallest absolute Gasteiger partial charge is 0.279 e. The number of carbonyl (C=O) groups excluding carboxylic acids is 1. The molecular weight excluding hydrogens is 489 g/mol. The first-order chi connectivity index (χ1) is 16.7. The fourth-order valence-electron chi connectivity index (χ4n) is 3.47.